The predicted molar refractivity (Wildman–Crippen MR) is 63.3 cm³/mol. The lowest BCUT2D eigenvalue weighted by atomic mass is 10.1. The van der Waals surface area contributed by atoms with Gasteiger partial charge in [0.15, 0.2) is 0 Å². The third-order valence-corrected chi connectivity index (χ3v) is 2.59. The van der Waals surface area contributed by atoms with Gasteiger partial charge in [0, 0.05) is 32.3 Å². The number of anilines is 2. The number of fused-ring (bicyclic) bond motifs is 1. The predicted octanol–water partition coefficient (Wildman–Crippen LogP) is 0.879. The third kappa shape index (κ3) is 1.99. The summed E-state index contributed by atoms with van der Waals surface area (Å²) in [6.45, 7) is 3.18. The van der Waals surface area contributed by atoms with Crippen molar-refractivity contribution >= 4 is 17.4 Å². The Morgan fingerprint density at radius 2 is 2.25 bits per heavy atom. The summed E-state index contributed by atoms with van der Waals surface area (Å²) >= 11 is 0. The molecule has 0 spiro atoms. The van der Waals surface area contributed by atoms with Gasteiger partial charge in [-0.3, -0.25) is 9.69 Å². The van der Waals surface area contributed by atoms with E-state index in [9.17, 15) is 4.79 Å². The Kier molecular flexibility index (Phi) is 2.78. The van der Waals surface area contributed by atoms with Crippen LogP contribution in [-0.4, -0.2) is 36.6 Å². The van der Waals surface area contributed by atoms with E-state index in [1.165, 1.54) is 6.92 Å². The molecule has 1 aromatic heterocycles. The number of hydrogen-bond donors (Lipinski definition) is 1. The summed E-state index contributed by atoms with van der Waals surface area (Å²) in [5.74, 6) is 0.897. The van der Waals surface area contributed by atoms with Crippen LogP contribution in [0, 0.1) is 0 Å². The van der Waals surface area contributed by atoms with Gasteiger partial charge in [0.25, 0.3) is 0 Å². The van der Waals surface area contributed by atoms with Crippen LogP contribution in [0.1, 0.15) is 12.5 Å². The second kappa shape index (κ2) is 4.09. The van der Waals surface area contributed by atoms with Gasteiger partial charge in [-0.1, -0.05) is 0 Å². The van der Waals surface area contributed by atoms with Crippen LogP contribution >= 0.6 is 0 Å². The van der Waals surface area contributed by atoms with Gasteiger partial charge in [0.1, 0.15) is 5.82 Å². The number of pyridine rings is 1. The van der Waals surface area contributed by atoms with Crippen LogP contribution < -0.4 is 10.2 Å². The van der Waals surface area contributed by atoms with Crippen molar-refractivity contribution in [1.82, 2.24) is 9.88 Å². The number of carbonyl (C=O) groups excluding carboxylic acids is 1. The standard InChI is InChI=1S/C11H16N4O/c1-8(16)13-10-4-5-12-11-9(10)6-14(2)7-15(11)3/h4-5H,6-7H2,1-3H3,(H,12,13,16). The minimum absolute atomic E-state index is 0.0516. The maximum absolute atomic E-state index is 11.1. The summed E-state index contributed by atoms with van der Waals surface area (Å²) in [6, 6.07) is 1.84. The molecule has 0 saturated heterocycles. The molecule has 1 aliphatic heterocycles. The lowest BCUT2D eigenvalue weighted by Gasteiger charge is -2.33. The molecule has 2 rings (SSSR count). The number of amides is 1. The quantitative estimate of drug-likeness (QED) is 0.763. The van der Waals surface area contributed by atoms with Gasteiger partial charge in [0.05, 0.1) is 12.4 Å². The number of nitrogens with zero attached hydrogens (tertiary/aromatic N) is 3. The van der Waals surface area contributed by atoms with E-state index in [1.807, 2.05) is 20.2 Å². The molecule has 1 aromatic rings. The minimum Gasteiger partial charge on any atom is -0.346 e. The lowest BCUT2D eigenvalue weighted by molar-refractivity contribution is -0.114. The molecule has 0 radical (unpaired) electrons. The molecular weight excluding hydrogens is 204 g/mol. The van der Waals surface area contributed by atoms with E-state index >= 15 is 0 Å². The van der Waals surface area contributed by atoms with E-state index in [2.05, 4.69) is 20.1 Å². The summed E-state index contributed by atoms with van der Waals surface area (Å²) in [5.41, 5.74) is 1.94. The molecule has 0 saturated carbocycles. The van der Waals surface area contributed by atoms with E-state index < -0.39 is 0 Å². The molecule has 2 heterocycles. The highest BCUT2D eigenvalue weighted by atomic mass is 16.1. The lowest BCUT2D eigenvalue weighted by Crippen LogP contribution is -2.38. The molecule has 86 valence electrons. The second-order valence-corrected chi connectivity index (χ2v) is 4.20. The van der Waals surface area contributed by atoms with E-state index in [0.29, 0.717) is 0 Å². The van der Waals surface area contributed by atoms with Crippen LogP contribution in [0.15, 0.2) is 12.3 Å². The summed E-state index contributed by atoms with van der Waals surface area (Å²) in [6.07, 6.45) is 1.73. The molecular formula is C11H16N4O. The van der Waals surface area contributed by atoms with Gasteiger partial charge in [-0.2, -0.15) is 0 Å². The summed E-state index contributed by atoms with van der Waals surface area (Å²) in [5, 5.41) is 2.84. The van der Waals surface area contributed by atoms with Crippen molar-refractivity contribution in [2.75, 3.05) is 31.0 Å². The fourth-order valence-corrected chi connectivity index (χ4v) is 2.02. The Morgan fingerprint density at radius 3 is 2.94 bits per heavy atom. The molecule has 0 aromatic carbocycles. The highest BCUT2D eigenvalue weighted by Crippen LogP contribution is 2.29. The van der Waals surface area contributed by atoms with Crippen molar-refractivity contribution < 1.29 is 4.79 Å². The number of rotatable bonds is 1. The second-order valence-electron chi connectivity index (χ2n) is 4.20. The number of aromatic nitrogens is 1. The van der Waals surface area contributed by atoms with Gasteiger partial charge in [-0.05, 0) is 13.1 Å². The van der Waals surface area contributed by atoms with Crippen molar-refractivity contribution in [2.24, 2.45) is 0 Å². The molecule has 5 nitrogen and oxygen atoms in total. The van der Waals surface area contributed by atoms with Crippen molar-refractivity contribution in [3.05, 3.63) is 17.8 Å². The first-order valence-corrected chi connectivity index (χ1v) is 5.23. The van der Waals surface area contributed by atoms with Crippen LogP contribution in [0.5, 0.6) is 0 Å². The fourth-order valence-electron chi connectivity index (χ4n) is 2.02. The summed E-state index contributed by atoms with van der Waals surface area (Å²) < 4.78 is 0. The van der Waals surface area contributed by atoms with E-state index in [-0.39, 0.29) is 5.91 Å². The zero-order valence-electron chi connectivity index (χ0n) is 9.82. The Bertz CT molecular complexity index is 418. The minimum atomic E-state index is -0.0516. The van der Waals surface area contributed by atoms with E-state index in [4.69, 9.17) is 0 Å². The Morgan fingerprint density at radius 1 is 1.50 bits per heavy atom. The molecule has 0 unspecified atom stereocenters. The SMILES string of the molecule is CC(=O)Nc1ccnc2c1CN(C)CN2C. The van der Waals surface area contributed by atoms with Gasteiger partial charge in [-0.25, -0.2) is 4.98 Å². The van der Waals surface area contributed by atoms with Crippen LogP contribution in [0.2, 0.25) is 0 Å². The molecule has 1 aliphatic rings. The highest BCUT2D eigenvalue weighted by molar-refractivity contribution is 5.90. The topological polar surface area (TPSA) is 48.5 Å². The first-order valence-electron chi connectivity index (χ1n) is 5.23. The Balaban J connectivity index is 2.41. The first-order chi connectivity index (χ1) is 7.58. The maximum Gasteiger partial charge on any atom is 0.221 e. The van der Waals surface area contributed by atoms with Crippen molar-refractivity contribution in [1.29, 1.82) is 0 Å². The number of nitrogens with one attached hydrogen (secondary N) is 1. The monoisotopic (exact) mass is 220 g/mol. The molecule has 0 bridgehead atoms. The highest BCUT2D eigenvalue weighted by Gasteiger charge is 2.21. The van der Waals surface area contributed by atoms with Gasteiger partial charge in [0.2, 0.25) is 5.91 Å². The van der Waals surface area contributed by atoms with Crippen molar-refractivity contribution in [2.45, 2.75) is 13.5 Å². The third-order valence-electron chi connectivity index (χ3n) is 2.59. The van der Waals surface area contributed by atoms with Gasteiger partial charge in [-0.15, -0.1) is 0 Å². The number of hydrogen-bond acceptors (Lipinski definition) is 4. The van der Waals surface area contributed by atoms with Crippen LogP contribution in [-0.2, 0) is 11.3 Å². The molecule has 1 amide bonds. The zero-order chi connectivity index (χ0) is 11.7. The molecule has 5 heteroatoms. The van der Waals surface area contributed by atoms with Gasteiger partial charge < -0.3 is 10.2 Å². The summed E-state index contributed by atoms with van der Waals surface area (Å²) in [4.78, 5) is 19.7. The molecule has 1 N–H and O–H groups in total. The van der Waals surface area contributed by atoms with E-state index in [1.54, 1.807) is 6.20 Å². The zero-order valence-corrected chi connectivity index (χ0v) is 9.82. The van der Waals surface area contributed by atoms with Crippen molar-refractivity contribution in [3.8, 4) is 0 Å². The average Bonchev–Trinajstić information content (AvgIpc) is 2.18. The molecule has 16 heavy (non-hydrogen) atoms. The van der Waals surface area contributed by atoms with Crippen LogP contribution in [0.25, 0.3) is 0 Å². The fraction of sp³-hybridized carbons (Fsp3) is 0.455. The smallest absolute Gasteiger partial charge is 0.221 e. The maximum atomic E-state index is 11.1. The van der Waals surface area contributed by atoms with Gasteiger partial charge >= 0.3 is 0 Å². The molecule has 0 fully saturated rings. The Labute approximate surface area is 95.1 Å². The van der Waals surface area contributed by atoms with E-state index in [0.717, 1.165) is 30.3 Å². The Hall–Kier alpha value is -1.62. The largest absolute Gasteiger partial charge is 0.346 e. The van der Waals surface area contributed by atoms with Crippen molar-refractivity contribution in [3.63, 3.8) is 0 Å². The molecule has 0 aliphatic carbocycles. The van der Waals surface area contributed by atoms with Crippen LogP contribution in [0.3, 0.4) is 0 Å². The molecule has 0 atom stereocenters. The normalized spacial score (nSPS) is 15.8. The average molecular weight is 220 g/mol. The summed E-state index contributed by atoms with van der Waals surface area (Å²) in [7, 11) is 4.04. The number of carbonyl (C=O) groups is 1. The van der Waals surface area contributed by atoms with Crippen LogP contribution in [0.4, 0.5) is 11.5 Å². The first kappa shape index (κ1) is 10.9.